The highest BCUT2D eigenvalue weighted by atomic mass is 32.2. The third-order valence-corrected chi connectivity index (χ3v) is 3.83. The Hall–Kier alpha value is -2.37. The number of sulfonamides is 1. The van der Waals surface area contributed by atoms with Crippen LogP contribution in [0, 0.1) is 11.8 Å². The molecule has 0 aliphatic heterocycles. The monoisotopic (exact) mass is 305 g/mol. The minimum absolute atomic E-state index is 0.000375. The van der Waals surface area contributed by atoms with Gasteiger partial charge < -0.3 is 10.7 Å². The van der Waals surface area contributed by atoms with Crippen molar-refractivity contribution in [2.45, 2.75) is 18.4 Å². The molecule has 2 aromatic heterocycles. The Bertz CT molecular complexity index is 786. The van der Waals surface area contributed by atoms with Crippen LogP contribution < -0.4 is 10.5 Å². The summed E-state index contributed by atoms with van der Waals surface area (Å²) in [7, 11) is -3.74. The molecule has 0 aliphatic carbocycles. The van der Waals surface area contributed by atoms with Gasteiger partial charge in [0.2, 0.25) is 0 Å². The van der Waals surface area contributed by atoms with Crippen LogP contribution in [0.5, 0.6) is 0 Å². The third kappa shape index (κ3) is 3.81. The quantitative estimate of drug-likeness (QED) is 0.711. The fourth-order valence-corrected chi connectivity index (χ4v) is 2.51. The van der Waals surface area contributed by atoms with Crippen molar-refractivity contribution in [1.29, 1.82) is 0 Å². The van der Waals surface area contributed by atoms with Crippen molar-refractivity contribution in [1.82, 2.24) is 15.0 Å². The van der Waals surface area contributed by atoms with Gasteiger partial charge in [0.15, 0.2) is 5.03 Å². The maximum atomic E-state index is 12.2. The van der Waals surface area contributed by atoms with Crippen LogP contribution >= 0.6 is 0 Å². The standard InChI is InChI=1S/C13H15N5O2S/c1-2-11-16-9-13(17-11)21(19,20)18-12-8-10(4-3-6-14)5-7-15-12/h5,7-9H,2,6,14H2,1H3,(H,15,18)(H,16,17). The third-order valence-electron chi connectivity index (χ3n) is 2.56. The minimum Gasteiger partial charge on any atom is -0.332 e. The Balaban J connectivity index is 2.24. The number of rotatable bonds is 4. The number of nitrogens with two attached hydrogens (primary N) is 1. The van der Waals surface area contributed by atoms with Crippen molar-refractivity contribution in [3.05, 3.63) is 35.9 Å². The summed E-state index contributed by atoms with van der Waals surface area (Å²) in [5.41, 5.74) is 5.93. The van der Waals surface area contributed by atoms with Gasteiger partial charge in [0.05, 0.1) is 12.7 Å². The van der Waals surface area contributed by atoms with Gasteiger partial charge in [0, 0.05) is 18.2 Å². The number of hydrogen-bond donors (Lipinski definition) is 3. The Morgan fingerprint density at radius 3 is 2.90 bits per heavy atom. The van der Waals surface area contributed by atoms with Crippen molar-refractivity contribution >= 4 is 15.8 Å². The predicted octanol–water partition coefficient (Wildman–Crippen LogP) is 0.478. The zero-order valence-corrected chi connectivity index (χ0v) is 12.2. The van der Waals surface area contributed by atoms with Crippen LogP contribution in [0.25, 0.3) is 0 Å². The van der Waals surface area contributed by atoms with E-state index in [4.69, 9.17) is 5.73 Å². The Labute approximate surface area is 123 Å². The number of pyridine rings is 1. The molecule has 0 fully saturated rings. The van der Waals surface area contributed by atoms with Gasteiger partial charge in [0.1, 0.15) is 11.6 Å². The number of H-pyrrole nitrogens is 1. The molecule has 2 heterocycles. The molecule has 8 heteroatoms. The lowest BCUT2D eigenvalue weighted by molar-refractivity contribution is 0.597. The Kier molecular flexibility index (Phi) is 4.57. The van der Waals surface area contributed by atoms with E-state index in [1.807, 2.05) is 6.92 Å². The molecule has 0 amide bonds. The number of hydrogen-bond acceptors (Lipinski definition) is 5. The maximum Gasteiger partial charge on any atom is 0.280 e. The van der Waals surface area contributed by atoms with Gasteiger partial charge in [-0.2, -0.15) is 8.42 Å². The van der Waals surface area contributed by atoms with Crippen LogP contribution in [0.3, 0.4) is 0 Å². The van der Waals surface area contributed by atoms with Crippen LogP contribution in [-0.4, -0.2) is 29.9 Å². The first-order valence-electron chi connectivity index (χ1n) is 6.27. The van der Waals surface area contributed by atoms with Crippen molar-refractivity contribution in [3.63, 3.8) is 0 Å². The van der Waals surface area contributed by atoms with E-state index in [0.29, 0.717) is 17.8 Å². The average molecular weight is 305 g/mol. The molecule has 4 N–H and O–H groups in total. The molecule has 0 spiro atoms. The molecule has 0 atom stereocenters. The molecule has 0 aliphatic rings. The zero-order chi connectivity index (χ0) is 15.3. The molecule has 110 valence electrons. The molecule has 0 saturated heterocycles. The van der Waals surface area contributed by atoms with Gasteiger partial charge in [-0.1, -0.05) is 18.8 Å². The fraction of sp³-hybridized carbons (Fsp3) is 0.231. The number of aromatic amines is 1. The van der Waals surface area contributed by atoms with E-state index >= 15 is 0 Å². The fourth-order valence-electron chi connectivity index (χ4n) is 1.57. The van der Waals surface area contributed by atoms with Gasteiger partial charge >= 0.3 is 0 Å². The molecular weight excluding hydrogens is 290 g/mol. The van der Waals surface area contributed by atoms with Gasteiger partial charge in [-0.3, -0.25) is 4.72 Å². The molecule has 2 aromatic rings. The molecule has 0 saturated carbocycles. The number of nitrogens with one attached hydrogen (secondary N) is 2. The lowest BCUT2D eigenvalue weighted by atomic mass is 10.2. The molecule has 0 unspecified atom stereocenters. The van der Waals surface area contributed by atoms with Gasteiger partial charge in [0.25, 0.3) is 10.0 Å². The highest BCUT2D eigenvalue weighted by Gasteiger charge is 2.17. The summed E-state index contributed by atoms with van der Waals surface area (Å²) in [5, 5.41) is -0.000375. The van der Waals surface area contributed by atoms with Crippen molar-refractivity contribution in [3.8, 4) is 11.8 Å². The lowest BCUT2D eigenvalue weighted by Gasteiger charge is -2.05. The van der Waals surface area contributed by atoms with E-state index in [1.165, 1.54) is 18.5 Å². The van der Waals surface area contributed by atoms with Crippen LogP contribution in [0.2, 0.25) is 0 Å². The number of anilines is 1. The van der Waals surface area contributed by atoms with Crippen molar-refractivity contribution in [2.24, 2.45) is 5.73 Å². The maximum absolute atomic E-state index is 12.2. The Morgan fingerprint density at radius 1 is 1.43 bits per heavy atom. The van der Waals surface area contributed by atoms with Crippen molar-refractivity contribution in [2.75, 3.05) is 11.3 Å². The number of aryl methyl sites for hydroxylation is 1. The summed E-state index contributed by atoms with van der Waals surface area (Å²) in [6, 6.07) is 3.21. The normalized spacial score (nSPS) is 10.8. The van der Waals surface area contributed by atoms with E-state index in [2.05, 4.69) is 31.5 Å². The SMILES string of the molecule is CCc1ncc(S(=O)(=O)Nc2cc(C#CCN)ccn2)[nH]1. The summed E-state index contributed by atoms with van der Waals surface area (Å²) < 4.78 is 26.7. The molecule has 0 aromatic carbocycles. The second-order valence-corrected chi connectivity index (χ2v) is 5.74. The average Bonchev–Trinajstić information content (AvgIpc) is 2.95. The van der Waals surface area contributed by atoms with E-state index < -0.39 is 10.0 Å². The van der Waals surface area contributed by atoms with Crippen LogP contribution in [0.1, 0.15) is 18.3 Å². The smallest absolute Gasteiger partial charge is 0.280 e. The predicted molar refractivity (Wildman–Crippen MR) is 78.9 cm³/mol. The largest absolute Gasteiger partial charge is 0.332 e. The Morgan fingerprint density at radius 2 is 2.24 bits per heavy atom. The first-order chi connectivity index (χ1) is 10.0. The summed E-state index contributed by atoms with van der Waals surface area (Å²) in [6.45, 7) is 2.11. The van der Waals surface area contributed by atoms with Crippen LogP contribution in [0.15, 0.2) is 29.6 Å². The van der Waals surface area contributed by atoms with Gasteiger partial charge in [-0.25, -0.2) is 9.97 Å². The first kappa shape index (κ1) is 15.0. The van der Waals surface area contributed by atoms with Gasteiger partial charge in [-0.05, 0) is 12.1 Å². The van der Waals surface area contributed by atoms with Crippen LogP contribution in [0.4, 0.5) is 5.82 Å². The van der Waals surface area contributed by atoms with E-state index in [1.54, 1.807) is 6.07 Å². The lowest BCUT2D eigenvalue weighted by Crippen LogP contribution is -2.14. The number of aromatic nitrogens is 3. The second kappa shape index (κ2) is 6.39. The van der Waals surface area contributed by atoms with E-state index in [9.17, 15) is 8.42 Å². The molecule has 0 bridgehead atoms. The number of imidazole rings is 1. The molecule has 21 heavy (non-hydrogen) atoms. The second-order valence-electron chi connectivity index (χ2n) is 4.09. The number of nitrogens with zero attached hydrogens (tertiary/aromatic N) is 2. The van der Waals surface area contributed by atoms with Gasteiger partial charge in [-0.15, -0.1) is 0 Å². The summed E-state index contributed by atoms with van der Waals surface area (Å²) in [4.78, 5) is 10.7. The summed E-state index contributed by atoms with van der Waals surface area (Å²) in [6.07, 6.45) is 3.37. The van der Waals surface area contributed by atoms with E-state index in [-0.39, 0.29) is 17.4 Å². The molecular formula is C13H15N5O2S. The van der Waals surface area contributed by atoms with Crippen LogP contribution in [-0.2, 0) is 16.4 Å². The first-order valence-corrected chi connectivity index (χ1v) is 7.75. The topological polar surface area (TPSA) is 114 Å². The van der Waals surface area contributed by atoms with Crippen molar-refractivity contribution < 1.29 is 8.42 Å². The van der Waals surface area contributed by atoms with E-state index in [0.717, 1.165) is 0 Å². The minimum atomic E-state index is -3.74. The summed E-state index contributed by atoms with van der Waals surface area (Å²) >= 11 is 0. The zero-order valence-electron chi connectivity index (χ0n) is 11.4. The molecule has 0 radical (unpaired) electrons. The molecule has 2 rings (SSSR count). The molecule has 7 nitrogen and oxygen atoms in total. The summed E-state index contributed by atoms with van der Waals surface area (Å²) in [5.74, 6) is 6.30. The highest BCUT2D eigenvalue weighted by Crippen LogP contribution is 2.13. The highest BCUT2D eigenvalue weighted by molar-refractivity contribution is 7.92.